The summed E-state index contributed by atoms with van der Waals surface area (Å²) >= 11 is 4.52. The molecular formula is C21H19BrF2NNaO5PS2. The summed E-state index contributed by atoms with van der Waals surface area (Å²) in [5, 5.41) is 5.18. The zero-order chi connectivity index (χ0) is 24.4. The number of sulfonamides is 1. The van der Waals surface area contributed by atoms with E-state index >= 15 is 0 Å². The van der Waals surface area contributed by atoms with Crippen LogP contribution in [0.2, 0.25) is 0 Å². The molecule has 177 valence electrons. The minimum absolute atomic E-state index is 0. The Bertz CT molecular complexity index is 1320. The molecular weight excluding hydrogens is 582 g/mol. The van der Waals surface area contributed by atoms with Crippen LogP contribution in [0.1, 0.15) is 16.7 Å². The van der Waals surface area contributed by atoms with E-state index in [1.54, 1.807) is 12.1 Å². The van der Waals surface area contributed by atoms with Gasteiger partial charge in [-0.05, 0) is 40.5 Å². The van der Waals surface area contributed by atoms with E-state index in [1.165, 1.54) is 36.0 Å². The Kier molecular flexibility index (Phi) is 10.1. The second-order valence-electron chi connectivity index (χ2n) is 7.16. The first kappa shape index (κ1) is 29.6. The maximum atomic E-state index is 13.9. The Hall–Kier alpha value is -0.590. The van der Waals surface area contributed by atoms with Crippen molar-refractivity contribution in [2.45, 2.75) is 22.1 Å². The Balaban J connectivity index is 0.00000408. The van der Waals surface area contributed by atoms with E-state index in [0.29, 0.717) is 17.1 Å². The number of benzene rings is 3. The van der Waals surface area contributed by atoms with Crippen LogP contribution in [0, 0.1) is 0 Å². The summed E-state index contributed by atoms with van der Waals surface area (Å²) in [5.74, 6) is 1.13. The summed E-state index contributed by atoms with van der Waals surface area (Å²) < 4.78 is 61.9. The van der Waals surface area contributed by atoms with Gasteiger partial charge in [0.1, 0.15) is 0 Å². The van der Waals surface area contributed by atoms with E-state index < -0.39 is 28.8 Å². The van der Waals surface area contributed by atoms with Gasteiger partial charge in [0, 0.05) is 51.1 Å². The van der Waals surface area contributed by atoms with Gasteiger partial charge in [-0.25, -0.2) is 13.6 Å². The fourth-order valence-corrected chi connectivity index (χ4v) is 5.82. The van der Waals surface area contributed by atoms with Gasteiger partial charge in [0.15, 0.2) is 0 Å². The van der Waals surface area contributed by atoms with Crippen LogP contribution in [0.5, 0.6) is 0 Å². The first-order valence-electron chi connectivity index (χ1n) is 9.31. The molecule has 0 aliphatic carbocycles. The van der Waals surface area contributed by atoms with Crippen molar-refractivity contribution < 1.29 is 31.6 Å². The van der Waals surface area contributed by atoms with Crippen LogP contribution in [0.3, 0.4) is 0 Å². The third-order valence-corrected chi connectivity index (χ3v) is 8.33. The number of primary sulfonamides is 1. The van der Waals surface area contributed by atoms with Crippen molar-refractivity contribution in [1.82, 2.24) is 0 Å². The average Bonchev–Trinajstić information content (AvgIpc) is 2.73. The van der Waals surface area contributed by atoms with E-state index in [2.05, 4.69) is 15.9 Å². The summed E-state index contributed by atoms with van der Waals surface area (Å²) in [6.07, 6.45) is 0. The maximum absolute atomic E-state index is 13.9. The van der Waals surface area contributed by atoms with E-state index in [9.17, 15) is 21.8 Å². The van der Waals surface area contributed by atoms with E-state index in [-0.39, 0.29) is 38.9 Å². The quantitative estimate of drug-likeness (QED) is 0.246. The minimum atomic E-state index is -5.64. The number of nitrogens with two attached hydrogens (primary N) is 1. The average molecular weight is 601 g/mol. The van der Waals surface area contributed by atoms with Crippen molar-refractivity contribution in [2.75, 3.05) is 0 Å². The first-order valence-corrected chi connectivity index (χ1v) is 14.4. The molecule has 0 fully saturated rings. The minimum Gasteiger partial charge on any atom is -0.320 e. The molecule has 0 saturated heterocycles. The Morgan fingerprint density at radius 3 is 2.09 bits per heavy atom. The van der Waals surface area contributed by atoms with Gasteiger partial charge >= 0.3 is 13.3 Å². The molecule has 0 heterocycles. The first-order chi connectivity index (χ1) is 15.3. The van der Waals surface area contributed by atoms with Crippen LogP contribution in [-0.2, 0) is 31.8 Å². The molecule has 0 aliphatic heterocycles. The molecule has 4 N–H and O–H groups in total. The molecule has 13 heteroatoms. The molecule has 3 rings (SSSR count). The van der Waals surface area contributed by atoms with Crippen LogP contribution in [0.4, 0.5) is 8.78 Å². The molecule has 0 spiro atoms. The Labute approximate surface area is 231 Å². The molecule has 0 unspecified atom stereocenters. The van der Waals surface area contributed by atoms with Gasteiger partial charge in [0.25, 0.3) is 0 Å². The summed E-state index contributed by atoms with van der Waals surface area (Å²) in [6, 6.07) is 17.8. The van der Waals surface area contributed by atoms with Crippen molar-refractivity contribution in [2.24, 2.45) is 5.14 Å². The summed E-state index contributed by atoms with van der Waals surface area (Å²) in [5.41, 5.74) is -1.75. The monoisotopic (exact) mass is 600 g/mol. The number of thioether (sulfide) groups is 1. The van der Waals surface area contributed by atoms with E-state index in [4.69, 9.17) is 14.9 Å². The molecule has 0 bridgehead atoms. The van der Waals surface area contributed by atoms with Crippen LogP contribution in [-0.4, -0.2) is 47.8 Å². The maximum Gasteiger partial charge on any atom is 0.399 e. The number of halogens is 3. The third kappa shape index (κ3) is 7.22. The predicted octanol–water partition coefficient (Wildman–Crippen LogP) is 5.04. The van der Waals surface area contributed by atoms with Gasteiger partial charge < -0.3 is 9.79 Å². The zero-order valence-corrected chi connectivity index (χ0v) is 24.0. The summed E-state index contributed by atoms with van der Waals surface area (Å²) in [4.78, 5) is 17.8. The third-order valence-electron chi connectivity index (χ3n) is 4.71. The van der Waals surface area contributed by atoms with Crippen molar-refractivity contribution in [3.05, 3.63) is 87.9 Å². The summed E-state index contributed by atoms with van der Waals surface area (Å²) in [7, 11) is -9.42. The number of hydrogen-bond acceptors (Lipinski definition) is 4. The standard InChI is InChI=1S/C21H19BrF2NO5PS2.Na/c22-20-10-15(6-9-19(20)21(23,24)31(26,27)28)13-32-12-14-4-7-16(8-5-14)17-2-1-3-18(11-17)33(25,29)30;/h1-11H,12-13H2,(H2,25,29,30)(H2,26,27,28);. The van der Waals surface area contributed by atoms with E-state index in [0.717, 1.165) is 22.8 Å². The van der Waals surface area contributed by atoms with Gasteiger partial charge in [-0.15, -0.1) is 0 Å². The molecule has 3 aromatic carbocycles. The van der Waals surface area contributed by atoms with Crippen LogP contribution in [0.25, 0.3) is 11.1 Å². The van der Waals surface area contributed by atoms with Crippen LogP contribution in [0.15, 0.2) is 76.1 Å². The number of hydrogen-bond donors (Lipinski definition) is 3. The number of alkyl halides is 2. The largest absolute Gasteiger partial charge is 0.399 e. The predicted molar refractivity (Wildman–Crippen MR) is 134 cm³/mol. The van der Waals surface area contributed by atoms with Gasteiger partial charge in [-0.1, -0.05) is 64.5 Å². The van der Waals surface area contributed by atoms with Crippen molar-refractivity contribution in [1.29, 1.82) is 0 Å². The van der Waals surface area contributed by atoms with Crippen molar-refractivity contribution in [3.63, 3.8) is 0 Å². The second kappa shape index (κ2) is 11.6. The number of rotatable bonds is 8. The molecule has 3 aromatic rings. The fourth-order valence-electron chi connectivity index (χ4n) is 2.98. The molecule has 0 aromatic heterocycles. The zero-order valence-electron chi connectivity index (χ0n) is 17.9. The second-order valence-corrected chi connectivity index (χ2v) is 12.2. The van der Waals surface area contributed by atoms with Gasteiger partial charge in [0.2, 0.25) is 10.0 Å². The van der Waals surface area contributed by atoms with Crippen molar-refractivity contribution >= 4 is 74.9 Å². The molecule has 1 radical (unpaired) electrons. The molecule has 34 heavy (non-hydrogen) atoms. The Morgan fingerprint density at radius 2 is 1.53 bits per heavy atom. The SMILES string of the molecule is NS(=O)(=O)c1cccc(-c2ccc(CSCc3ccc(C(F)(F)P(=O)(O)O)c(Br)c3)cc2)c1.[Na]. The molecule has 0 aliphatic rings. The van der Waals surface area contributed by atoms with Crippen molar-refractivity contribution in [3.8, 4) is 11.1 Å². The molecule has 0 atom stereocenters. The Morgan fingerprint density at radius 1 is 0.941 bits per heavy atom. The van der Waals surface area contributed by atoms with Gasteiger partial charge in [0.05, 0.1) is 4.90 Å². The van der Waals surface area contributed by atoms with Crippen LogP contribution >= 0.6 is 35.3 Å². The normalized spacial score (nSPS) is 12.3. The topological polar surface area (TPSA) is 118 Å². The van der Waals surface area contributed by atoms with Gasteiger partial charge in [-0.3, -0.25) is 4.57 Å². The smallest absolute Gasteiger partial charge is 0.320 e. The van der Waals surface area contributed by atoms with E-state index in [1.807, 2.05) is 24.3 Å². The summed E-state index contributed by atoms with van der Waals surface area (Å²) in [6.45, 7) is 0. The molecule has 0 saturated carbocycles. The molecule has 6 nitrogen and oxygen atoms in total. The van der Waals surface area contributed by atoms with Gasteiger partial charge in [-0.2, -0.15) is 20.5 Å². The van der Waals surface area contributed by atoms with Crippen LogP contribution < -0.4 is 5.14 Å². The fraction of sp³-hybridized carbons (Fsp3) is 0.143. The molecule has 0 amide bonds.